The average Bonchev–Trinajstić information content (AvgIpc) is 2.68. The summed E-state index contributed by atoms with van der Waals surface area (Å²) < 4.78 is 24.1. The molecule has 0 fully saturated rings. The van der Waals surface area contributed by atoms with Gasteiger partial charge < -0.3 is 10.4 Å². The van der Waals surface area contributed by atoms with Crippen LogP contribution in [-0.4, -0.2) is 47.1 Å². The van der Waals surface area contributed by atoms with Gasteiger partial charge in [-0.3, -0.25) is 0 Å². The number of rotatable bonds is 4. The molecular weight excluding hydrogens is 431 g/mol. The minimum atomic E-state index is -4.92. The summed E-state index contributed by atoms with van der Waals surface area (Å²) in [6.45, 7) is 2.14. The van der Waals surface area contributed by atoms with Crippen LogP contribution in [0.3, 0.4) is 0 Å². The van der Waals surface area contributed by atoms with E-state index in [1.165, 1.54) is 25.1 Å². The van der Waals surface area contributed by atoms with Crippen molar-refractivity contribution in [2.75, 3.05) is 17.2 Å². The van der Waals surface area contributed by atoms with Crippen LogP contribution in [0, 0.1) is 0 Å². The maximum atomic E-state index is 11.4. The van der Waals surface area contributed by atoms with Crippen molar-refractivity contribution >= 4 is 41.8 Å². The monoisotopic (exact) mass is 452 g/mol. The van der Waals surface area contributed by atoms with Gasteiger partial charge in [0.15, 0.2) is 0 Å². The number of fused-ring (bicyclic) bond motifs is 1. The summed E-state index contributed by atoms with van der Waals surface area (Å²) in [5.74, 6) is -1.23. The molecule has 5 N–H and O–H groups in total. The molecule has 1 aliphatic rings. The Labute approximate surface area is 164 Å². The van der Waals surface area contributed by atoms with Gasteiger partial charge in [-0.25, -0.2) is 4.79 Å². The molecule has 1 unspecified atom stereocenters. The molecule has 1 amide bonds. The Morgan fingerprint density at radius 3 is 2.54 bits per heavy atom. The van der Waals surface area contributed by atoms with Crippen LogP contribution in [0.1, 0.15) is 29.3 Å². The van der Waals surface area contributed by atoms with Crippen LogP contribution in [0.25, 0.3) is 0 Å². The van der Waals surface area contributed by atoms with E-state index in [1.807, 2.05) is 6.07 Å². The number of benzene rings is 2. The fourth-order valence-corrected chi connectivity index (χ4v) is 4.42. The van der Waals surface area contributed by atoms with E-state index in [0.717, 1.165) is 30.6 Å². The van der Waals surface area contributed by atoms with Crippen molar-refractivity contribution in [2.24, 2.45) is 0 Å². The van der Waals surface area contributed by atoms with Crippen LogP contribution in [0.2, 0.25) is 0 Å². The summed E-state index contributed by atoms with van der Waals surface area (Å²) in [5.41, 5.74) is 2.47. The number of hydrogen-bond acceptors (Lipinski definition) is 6. The quantitative estimate of drug-likeness (QED) is 0.266. The fourth-order valence-electron chi connectivity index (χ4n) is 2.75. The van der Waals surface area contributed by atoms with Gasteiger partial charge in [0.25, 0.3) is 0 Å². The molecule has 0 saturated heterocycles. The van der Waals surface area contributed by atoms with Crippen LogP contribution in [0.4, 0.5) is 11.4 Å². The maximum Gasteiger partial charge on any atom is 0.337 e. The second-order valence-corrected chi connectivity index (χ2v) is 9.51. The molecular formula is C18H21AsN2O7. The molecule has 0 aromatic heterocycles. The Morgan fingerprint density at radius 2 is 1.89 bits per heavy atom. The van der Waals surface area contributed by atoms with Gasteiger partial charge in [0.2, 0.25) is 0 Å². The minimum absolute atomic E-state index is 0.103. The molecule has 10 heteroatoms. The predicted octanol–water partition coefficient (Wildman–Crippen LogP) is 1.45. The van der Waals surface area contributed by atoms with Gasteiger partial charge in [-0.1, -0.05) is 12.1 Å². The van der Waals surface area contributed by atoms with Crippen molar-refractivity contribution in [2.45, 2.75) is 19.8 Å². The molecule has 0 saturated carbocycles. The number of carbonyl (C=O) groups is 2. The smallest absolute Gasteiger partial charge is 0.337 e. The van der Waals surface area contributed by atoms with Crippen LogP contribution < -0.4 is 15.0 Å². The van der Waals surface area contributed by atoms with Crippen molar-refractivity contribution in [1.29, 1.82) is 0 Å². The summed E-state index contributed by atoms with van der Waals surface area (Å²) in [4.78, 5) is 21.6. The Bertz CT molecular complexity index is 917. The zero-order valence-corrected chi connectivity index (χ0v) is 17.0. The van der Waals surface area contributed by atoms with Crippen molar-refractivity contribution in [3.8, 4) is 0 Å². The number of nitrogens with one attached hydrogen (secondary N) is 2. The zero-order valence-electron chi connectivity index (χ0n) is 15.1. The van der Waals surface area contributed by atoms with E-state index in [4.69, 9.17) is 10.4 Å². The first-order valence-electron chi connectivity index (χ1n) is 8.38. The van der Waals surface area contributed by atoms with Gasteiger partial charge in [-0.15, -0.1) is 0 Å². The van der Waals surface area contributed by atoms with Crippen molar-refractivity contribution in [3.63, 3.8) is 0 Å². The Morgan fingerprint density at radius 1 is 1.18 bits per heavy atom. The molecule has 0 radical (unpaired) electrons. The summed E-state index contributed by atoms with van der Waals surface area (Å²) in [6, 6.07) is 11.3. The van der Waals surface area contributed by atoms with Crippen molar-refractivity contribution < 1.29 is 31.7 Å². The molecule has 28 heavy (non-hydrogen) atoms. The van der Waals surface area contributed by atoms with E-state index in [-0.39, 0.29) is 15.9 Å². The van der Waals surface area contributed by atoms with Gasteiger partial charge in [0, 0.05) is 6.54 Å². The molecule has 0 spiro atoms. The molecule has 1 atom stereocenters. The Kier molecular flexibility index (Phi) is 7.42. The standard InChI is InChI=1S/C10H11NO2.C8H10AsNO5/c12-10(13)8-5-1-3-7-4-2-6-11-9(7)8;1-6(11)10-8-5-3-2-4-7(8)9(12,13)15-14/h1,3,5,11H,2,4,6H2,(H,12,13);2-5,14H,1H3,(H,10,11)(H,12,13). The fraction of sp³-hybridized carbons (Fsp3) is 0.222. The second kappa shape index (κ2) is 9.56. The first-order chi connectivity index (χ1) is 13.3. The average molecular weight is 452 g/mol. The molecule has 150 valence electrons. The molecule has 0 aliphatic carbocycles. The van der Waals surface area contributed by atoms with Gasteiger partial charge >= 0.3 is 94.4 Å². The number of carbonyl (C=O) groups excluding carboxylic acids is 1. The number of para-hydroxylation sites is 2. The summed E-state index contributed by atoms with van der Waals surface area (Å²) in [7, 11) is 0. The summed E-state index contributed by atoms with van der Waals surface area (Å²) >= 11 is -4.92. The van der Waals surface area contributed by atoms with Gasteiger partial charge in [-0.2, -0.15) is 0 Å². The van der Waals surface area contributed by atoms with Crippen LogP contribution >= 0.6 is 0 Å². The Hall–Kier alpha value is -2.58. The molecule has 9 nitrogen and oxygen atoms in total. The van der Waals surface area contributed by atoms with Crippen molar-refractivity contribution in [3.05, 3.63) is 53.6 Å². The van der Waals surface area contributed by atoms with E-state index in [2.05, 4.69) is 14.5 Å². The molecule has 0 bridgehead atoms. The van der Waals surface area contributed by atoms with Crippen LogP contribution in [0.5, 0.6) is 0 Å². The van der Waals surface area contributed by atoms with Gasteiger partial charge in [-0.05, 0) is 24.5 Å². The zero-order chi connectivity index (χ0) is 20.7. The predicted molar refractivity (Wildman–Crippen MR) is 103 cm³/mol. The SMILES string of the molecule is CC(=O)Nc1ccccc1[As](=O)(O)OO.O=C(O)c1cccc2c1NCCC2. The van der Waals surface area contributed by atoms with Crippen LogP contribution in [0.15, 0.2) is 42.5 Å². The molecule has 1 heterocycles. The number of amides is 1. The number of anilines is 2. The Balaban J connectivity index is 0.000000202. The number of hydrogen-bond donors (Lipinski definition) is 5. The van der Waals surface area contributed by atoms with Gasteiger partial charge in [0.1, 0.15) is 0 Å². The topological polar surface area (TPSA) is 145 Å². The second-order valence-electron chi connectivity index (χ2n) is 5.98. The molecule has 2 aromatic rings. The van der Waals surface area contributed by atoms with E-state index in [0.29, 0.717) is 5.56 Å². The first-order valence-corrected chi connectivity index (χ1v) is 11.7. The first kappa shape index (κ1) is 21.7. The van der Waals surface area contributed by atoms with E-state index >= 15 is 0 Å². The molecule has 2 aromatic carbocycles. The normalized spacial score (nSPS) is 14.4. The van der Waals surface area contributed by atoms with E-state index < -0.39 is 20.1 Å². The van der Waals surface area contributed by atoms with Gasteiger partial charge in [0.05, 0.1) is 11.3 Å². The number of aromatic carboxylic acids is 1. The minimum Gasteiger partial charge on any atom is -0.478 e. The summed E-state index contributed by atoms with van der Waals surface area (Å²) in [5, 5.41) is 22.7. The van der Waals surface area contributed by atoms with E-state index in [1.54, 1.807) is 18.2 Å². The third kappa shape index (κ3) is 5.46. The number of carboxylic acids is 1. The summed E-state index contributed by atoms with van der Waals surface area (Å²) in [6.07, 6.45) is 2.06. The van der Waals surface area contributed by atoms with Crippen molar-refractivity contribution in [1.82, 2.24) is 0 Å². The maximum absolute atomic E-state index is 11.4. The largest absolute Gasteiger partial charge is 0.478 e. The van der Waals surface area contributed by atoms with E-state index in [9.17, 15) is 17.4 Å². The molecule has 3 rings (SSSR count). The number of carboxylic acid groups (broad SMARTS) is 1. The third-order valence-electron chi connectivity index (χ3n) is 3.94. The number of aryl methyl sites for hydroxylation is 1. The molecule has 1 aliphatic heterocycles. The third-order valence-corrected chi connectivity index (χ3v) is 6.50. The van der Waals surface area contributed by atoms with Crippen LogP contribution in [-0.2, 0) is 18.8 Å².